The summed E-state index contributed by atoms with van der Waals surface area (Å²) in [5.41, 5.74) is 7.25. The Hall–Kier alpha value is -3.30. The highest BCUT2D eigenvalue weighted by Gasteiger charge is 2.42. The molecule has 1 fully saturated rings. The second kappa shape index (κ2) is 10.4. The molecule has 0 amide bonds. The summed E-state index contributed by atoms with van der Waals surface area (Å²) in [6.45, 7) is 0.123. The topological polar surface area (TPSA) is 105 Å². The number of sulfonamides is 1. The van der Waals surface area contributed by atoms with E-state index in [4.69, 9.17) is 15.9 Å². The Kier molecular flexibility index (Phi) is 7.42. The van der Waals surface area contributed by atoms with Crippen LogP contribution >= 0.6 is 0 Å². The molecule has 3 aromatic carbocycles. The number of rotatable bonds is 9. The van der Waals surface area contributed by atoms with Gasteiger partial charge in [0.1, 0.15) is 12.4 Å². The highest BCUT2D eigenvalue weighted by Crippen LogP contribution is 2.42. The molecular formula is C27H29F2N3O3S. The first kappa shape index (κ1) is 25.8. The standard InChI is InChI=1S/C27H29F2N3O3S/c1-36(33,34)32-20-12-13-27(16-20,26(30)31)15-19-10-11-23(28)22(14-19)21-8-5-9-24(29)25(21)35-17-18-6-3-2-4-7-18/h2-11,14,20,32H,12-13,15-17H2,1H3,(H3,30,31)/t20-,27+/m0/s1. The van der Waals surface area contributed by atoms with Gasteiger partial charge in [-0.15, -0.1) is 0 Å². The third-order valence-corrected chi connectivity index (χ3v) is 7.38. The molecule has 1 saturated carbocycles. The maximum atomic E-state index is 15.0. The van der Waals surface area contributed by atoms with Crippen molar-refractivity contribution in [3.8, 4) is 16.9 Å². The molecule has 0 heterocycles. The minimum Gasteiger partial charge on any atom is -0.485 e. The van der Waals surface area contributed by atoms with Gasteiger partial charge < -0.3 is 10.5 Å². The van der Waals surface area contributed by atoms with Crippen LogP contribution in [0.4, 0.5) is 8.78 Å². The van der Waals surface area contributed by atoms with E-state index in [0.717, 1.165) is 11.8 Å². The Morgan fingerprint density at radius 2 is 1.81 bits per heavy atom. The van der Waals surface area contributed by atoms with Crippen molar-refractivity contribution in [1.29, 1.82) is 5.41 Å². The fourth-order valence-electron chi connectivity index (χ4n) is 4.91. The van der Waals surface area contributed by atoms with E-state index in [1.54, 1.807) is 18.2 Å². The molecule has 4 N–H and O–H groups in total. The van der Waals surface area contributed by atoms with Crippen molar-refractivity contribution in [2.24, 2.45) is 11.1 Å². The lowest BCUT2D eigenvalue weighted by Crippen LogP contribution is -2.39. The molecule has 9 heteroatoms. The summed E-state index contributed by atoms with van der Waals surface area (Å²) < 4.78 is 61.6. The van der Waals surface area contributed by atoms with Gasteiger partial charge in [0.15, 0.2) is 11.6 Å². The minimum atomic E-state index is -3.40. The summed E-state index contributed by atoms with van der Waals surface area (Å²) in [6, 6.07) is 17.9. The van der Waals surface area contributed by atoms with Gasteiger partial charge in [-0.25, -0.2) is 21.9 Å². The van der Waals surface area contributed by atoms with Crippen molar-refractivity contribution in [1.82, 2.24) is 4.72 Å². The average Bonchev–Trinajstić information content (AvgIpc) is 3.22. The molecule has 190 valence electrons. The van der Waals surface area contributed by atoms with E-state index < -0.39 is 27.1 Å². The second-order valence-corrected chi connectivity index (χ2v) is 11.2. The molecule has 36 heavy (non-hydrogen) atoms. The number of nitrogens with two attached hydrogens (primary N) is 1. The van der Waals surface area contributed by atoms with E-state index in [0.29, 0.717) is 31.2 Å². The van der Waals surface area contributed by atoms with Gasteiger partial charge in [-0.3, -0.25) is 5.41 Å². The van der Waals surface area contributed by atoms with Gasteiger partial charge in [0, 0.05) is 22.6 Å². The third kappa shape index (κ3) is 5.91. The zero-order valence-electron chi connectivity index (χ0n) is 19.9. The molecule has 3 aromatic rings. The van der Waals surface area contributed by atoms with Crippen LogP contribution in [0.3, 0.4) is 0 Å². The van der Waals surface area contributed by atoms with Crippen LogP contribution in [0.2, 0.25) is 0 Å². The van der Waals surface area contributed by atoms with Gasteiger partial charge in [0.25, 0.3) is 0 Å². The zero-order chi connectivity index (χ0) is 25.9. The van der Waals surface area contributed by atoms with Gasteiger partial charge >= 0.3 is 0 Å². The van der Waals surface area contributed by atoms with E-state index in [1.807, 2.05) is 30.3 Å². The van der Waals surface area contributed by atoms with Gasteiger partial charge in [-0.1, -0.05) is 48.5 Å². The Labute approximate surface area is 210 Å². The number of para-hydroxylation sites is 1. The molecule has 0 spiro atoms. The second-order valence-electron chi connectivity index (χ2n) is 9.41. The SMILES string of the molecule is CS(=O)(=O)N[C@H]1CC[C@](Cc2ccc(F)c(-c3cccc(F)c3OCc3ccccc3)c2)(C(=N)N)C1. The lowest BCUT2D eigenvalue weighted by atomic mass is 9.78. The highest BCUT2D eigenvalue weighted by atomic mass is 32.2. The maximum Gasteiger partial charge on any atom is 0.208 e. The van der Waals surface area contributed by atoms with Crippen molar-refractivity contribution >= 4 is 15.9 Å². The summed E-state index contributed by atoms with van der Waals surface area (Å²) in [7, 11) is -3.40. The Balaban J connectivity index is 1.63. The molecule has 0 aliphatic heterocycles. The predicted molar refractivity (Wildman–Crippen MR) is 136 cm³/mol. The normalized spacial score (nSPS) is 19.8. The lowest BCUT2D eigenvalue weighted by molar-refractivity contribution is 0.291. The zero-order valence-corrected chi connectivity index (χ0v) is 20.7. The van der Waals surface area contributed by atoms with Crippen LogP contribution in [0.15, 0.2) is 66.7 Å². The largest absolute Gasteiger partial charge is 0.485 e. The van der Waals surface area contributed by atoms with Gasteiger partial charge in [-0.05, 0) is 55.0 Å². The van der Waals surface area contributed by atoms with Gasteiger partial charge in [0.2, 0.25) is 10.0 Å². The maximum absolute atomic E-state index is 15.0. The number of benzene rings is 3. The van der Waals surface area contributed by atoms with Crippen molar-refractivity contribution in [2.45, 2.75) is 38.3 Å². The van der Waals surface area contributed by atoms with Crippen molar-refractivity contribution in [2.75, 3.05) is 6.26 Å². The number of nitrogens with one attached hydrogen (secondary N) is 2. The number of ether oxygens (including phenoxy) is 1. The average molecular weight is 514 g/mol. The highest BCUT2D eigenvalue weighted by molar-refractivity contribution is 7.88. The fourth-order valence-corrected chi connectivity index (χ4v) is 5.71. The molecule has 6 nitrogen and oxygen atoms in total. The first-order valence-corrected chi connectivity index (χ1v) is 13.5. The monoisotopic (exact) mass is 513 g/mol. The van der Waals surface area contributed by atoms with Crippen molar-refractivity contribution < 1.29 is 21.9 Å². The lowest BCUT2D eigenvalue weighted by Gasteiger charge is -2.28. The van der Waals surface area contributed by atoms with E-state index in [-0.39, 0.29) is 35.4 Å². The molecular weight excluding hydrogens is 484 g/mol. The summed E-state index contributed by atoms with van der Waals surface area (Å²) in [6.07, 6.45) is 2.86. The molecule has 2 atom stereocenters. The van der Waals surface area contributed by atoms with Crippen molar-refractivity contribution in [3.63, 3.8) is 0 Å². The molecule has 4 rings (SSSR count). The first-order valence-electron chi connectivity index (χ1n) is 11.6. The molecule has 0 unspecified atom stereocenters. The molecule has 0 aromatic heterocycles. The number of halogens is 2. The summed E-state index contributed by atoms with van der Waals surface area (Å²) in [5, 5.41) is 8.23. The smallest absolute Gasteiger partial charge is 0.208 e. The van der Waals surface area contributed by atoms with Crippen LogP contribution in [0.25, 0.3) is 11.1 Å². The van der Waals surface area contributed by atoms with E-state index >= 15 is 4.39 Å². The molecule has 0 saturated heterocycles. The number of hydrogen-bond acceptors (Lipinski definition) is 4. The molecule has 1 aliphatic carbocycles. The number of amidine groups is 1. The predicted octanol–water partition coefficient (Wildman–Crippen LogP) is 4.78. The molecule has 0 bridgehead atoms. The van der Waals surface area contributed by atoms with E-state index in [2.05, 4.69) is 4.72 Å². The fraction of sp³-hybridized carbons (Fsp3) is 0.296. The van der Waals surface area contributed by atoms with Crippen LogP contribution < -0.4 is 15.2 Å². The van der Waals surface area contributed by atoms with Crippen LogP contribution in [-0.4, -0.2) is 26.6 Å². The third-order valence-electron chi connectivity index (χ3n) is 6.62. The summed E-state index contributed by atoms with van der Waals surface area (Å²) >= 11 is 0. The van der Waals surface area contributed by atoms with E-state index in [1.165, 1.54) is 18.2 Å². The van der Waals surface area contributed by atoms with Crippen LogP contribution in [-0.2, 0) is 23.1 Å². The van der Waals surface area contributed by atoms with Crippen LogP contribution in [0.1, 0.15) is 30.4 Å². The van der Waals surface area contributed by atoms with Gasteiger partial charge in [0.05, 0.1) is 12.1 Å². The Morgan fingerprint density at radius 3 is 2.50 bits per heavy atom. The molecule has 0 radical (unpaired) electrons. The van der Waals surface area contributed by atoms with E-state index in [9.17, 15) is 12.8 Å². The summed E-state index contributed by atoms with van der Waals surface area (Å²) in [4.78, 5) is 0. The van der Waals surface area contributed by atoms with Gasteiger partial charge in [-0.2, -0.15) is 0 Å². The van der Waals surface area contributed by atoms with Crippen LogP contribution in [0.5, 0.6) is 5.75 Å². The first-order chi connectivity index (χ1) is 17.1. The summed E-state index contributed by atoms with van der Waals surface area (Å²) in [5.74, 6) is -1.21. The minimum absolute atomic E-state index is 0.0381. The number of hydrogen-bond donors (Lipinski definition) is 3. The Morgan fingerprint density at radius 1 is 1.06 bits per heavy atom. The van der Waals surface area contributed by atoms with Crippen LogP contribution in [0, 0.1) is 22.5 Å². The molecule has 1 aliphatic rings. The quantitative estimate of drug-likeness (QED) is 0.283. The van der Waals surface area contributed by atoms with Crippen molar-refractivity contribution in [3.05, 3.63) is 89.5 Å². The Bertz CT molecular complexity index is 1370.